The molecule has 0 bridgehead atoms. The van der Waals surface area contributed by atoms with Crippen molar-refractivity contribution in [2.75, 3.05) is 18.9 Å². The van der Waals surface area contributed by atoms with E-state index in [0.717, 1.165) is 32.5 Å². The molecule has 0 saturated carbocycles. The van der Waals surface area contributed by atoms with Crippen LogP contribution in [0.2, 0.25) is 0 Å². The Morgan fingerprint density at radius 2 is 1.74 bits per heavy atom. The average molecular weight is 437 g/mol. The highest BCUT2D eigenvalue weighted by Crippen LogP contribution is 2.22. The minimum absolute atomic E-state index is 0.153. The molecule has 0 atom stereocenters. The van der Waals surface area contributed by atoms with Crippen molar-refractivity contribution in [2.45, 2.75) is 24.8 Å². The molecule has 0 fully saturated rings. The fourth-order valence-corrected chi connectivity index (χ4v) is 4.74. The molecular formula is C23H24N4O3S. The normalized spacial score (nSPS) is 12.0. The number of fused-ring (bicyclic) bond motifs is 2. The van der Waals surface area contributed by atoms with Crippen LogP contribution in [0.4, 0.5) is 5.95 Å². The van der Waals surface area contributed by atoms with E-state index in [1.165, 1.54) is 7.05 Å². The summed E-state index contributed by atoms with van der Waals surface area (Å²) in [6.07, 6.45) is 0.874. The maximum atomic E-state index is 13.0. The number of hydrogen-bond acceptors (Lipinski definition) is 4. The summed E-state index contributed by atoms with van der Waals surface area (Å²) in [6, 6.07) is 20.1. The van der Waals surface area contributed by atoms with Crippen LogP contribution >= 0.6 is 0 Å². The summed E-state index contributed by atoms with van der Waals surface area (Å²) in [6.45, 7) is 2.43. The van der Waals surface area contributed by atoms with Crippen molar-refractivity contribution < 1.29 is 13.2 Å². The van der Waals surface area contributed by atoms with Crippen molar-refractivity contribution in [1.82, 2.24) is 13.9 Å². The van der Waals surface area contributed by atoms with Crippen molar-refractivity contribution in [1.29, 1.82) is 0 Å². The van der Waals surface area contributed by atoms with Gasteiger partial charge in [0.25, 0.3) is 0 Å². The van der Waals surface area contributed by atoms with E-state index < -0.39 is 15.9 Å². The zero-order valence-electron chi connectivity index (χ0n) is 17.4. The van der Waals surface area contributed by atoms with E-state index in [0.29, 0.717) is 12.5 Å². The van der Waals surface area contributed by atoms with Crippen molar-refractivity contribution in [3.05, 3.63) is 66.7 Å². The Bertz CT molecular complexity index is 1360. The number of aryl methyl sites for hydroxylation is 1. The first-order chi connectivity index (χ1) is 14.9. The minimum Gasteiger partial charge on any atom is -0.310 e. The number of carbonyl (C=O) groups is 1. The predicted octanol–water partition coefficient (Wildman–Crippen LogP) is 3.86. The number of carbonyl (C=O) groups excluding carboxylic acids is 1. The first kappa shape index (κ1) is 21.0. The molecule has 4 rings (SSSR count). The van der Waals surface area contributed by atoms with Crippen LogP contribution in [0, 0.1) is 0 Å². The largest absolute Gasteiger partial charge is 0.310 e. The van der Waals surface area contributed by atoms with Crippen LogP contribution in [0.25, 0.3) is 21.8 Å². The lowest BCUT2D eigenvalue weighted by atomic mass is 10.1. The number of nitrogens with zero attached hydrogens (tertiary/aromatic N) is 3. The summed E-state index contributed by atoms with van der Waals surface area (Å²) in [5.41, 5.74) is 1.71. The molecule has 31 heavy (non-hydrogen) atoms. The number of para-hydroxylation sites is 2. The summed E-state index contributed by atoms with van der Waals surface area (Å²) < 4.78 is 29.0. The van der Waals surface area contributed by atoms with Crippen LogP contribution in [-0.2, 0) is 21.4 Å². The highest BCUT2D eigenvalue weighted by atomic mass is 32.2. The molecule has 0 radical (unpaired) electrons. The third-order valence-corrected chi connectivity index (χ3v) is 6.95. The molecule has 1 aromatic heterocycles. The first-order valence-corrected chi connectivity index (χ1v) is 11.5. The second-order valence-corrected chi connectivity index (χ2v) is 9.44. The third-order valence-electron chi connectivity index (χ3n) is 5.15. The number of anilines is 1. The highest BCUT2D eigenvalue weighted by Gasteiger charge is 2.24. The summed E-state index contributed by atoms with van der Waals surface area (Å²) in [5, 5.41) is 4.56. The highest BCUT2D eigenvalue weighted by molar-refractivity contribution is 7.89. The van der Waals surface area contributed by atoms with Crippen LogP contribution in [0.5, 0.6) is 0 Å². The lowest BCUT2D eigenvalue weighted by Crippen LogP contribution is -2.35. The number of sulfonamides is 1. The van der Waals surface area contributed by atoms with Gasteiger partial charge in [0.15, 0.2) is 0 Å². The molecule has 0 spiro atoms. The van der Waals surface area contributed by atoms with Gasteiger partial charge >= 0.3 is 0 Å². The molecule has 4 aromatic rings. The number of rotatable bonds is 7. The summed E-state index contributed by atoms with van der Waals surface area (Å²) in [4.78, 5) is 17.3. The monoisotopic (exact) mass is 436 g/mol. The first-order valence-electron chi connectivity index (χ1n) is 10.1. The van der Waals surface area contributed by atoms with Crippen LogP contribution in [0.15, 0.2) is 71.6 Å². The maximum Gasteiger partial charge on any atom is 0.243 e. The smallest absolute Gasteiger partial charge is 0.243 e. The van der Waals surface area contributed by atoms with Gasteiger partial charge in [0.05, 0.1) is 22.5 Å². The standard InChI is InChI=1S/C23H24N4O3S/c1-3-14-27-21-11-7-6-10-20(21)24-23(27)25-22(28)16-26(2)31(29,30)19-13-12-17-8-4-5-9-18(17)15-19/h4-13,15H,3,14,16H2,1-2H3,(H,24,25,28). The Kier molecular flexibility index (Phi) is 5.75. The quantitative estimate of drug-likeness (QED) is 0.477. The van der Waals surface area contributed by atoms with Gasteiger partial charge in [-0.15, -0.1) is 0 Å². The van der Waals surface area contributed by atoms with E-state index in [-0.39, 0.29) is 11.4 Å². The van der Waals surface area contributed by atoms with Gasteiger partial charge < -0.3 is 4.57 Å². The summed E-state index contributed by atoms with van der Waals surface area (Å²) in [5.74, 6) is -0.0240. The number of aromatic nitrogens is 2. The van der Waals surface area contributed by atoms with Gasteiger partial charge in [-0.25, -0.2) is 13.4 Å². The molecule has 1 amide bonds. The van der Waals surface area contributed by atoms with Gasteiger partial charge in [-0.2, -0.15) is 4.31 Å². The van der Waals surface area contributed by atoms with Crippen LogP contribution < -0.4 is 5.32 Å². The number of nitrogens with one attached hydrogen (secondary N) is 1. The number of hydrogen-bond donors (Lipinski definition) is 1. The van der Waals surface area contributed by atoms with E-state index >= 15 is 0 Å². The van der Waals surface area contributed by atoms with Gasteiger partial charge in [0.1, 0.15) is 0 Å². The second kappa shape index (κ2) is 8.49. The maximum absolute atomic E-state index is 13.0. The fraction of sp³-hybridized carbons (Fsp3) is 0.217. The summed E-state index contributed by atoms with van der Waals surface area (Å²) in [7, 11) is -2.42. The molecule has 0 unspecified atom stereocenters. The molecule has 160 valence electrons. The summed E-state index contributed by atoms with van der Waals surface area (Å²) >= 11 is 0. The Labute approximate surface area is 181 Å². The Morgan fingerprint density at radius 3 is 2.52 bits per heavy atom. The zero-order chi connectivity index (χ0) is 22.0. The SMILES string of the molecule is CCCn1c(NC(=O)CN(C)S(=O)(=O)c2ccc3ccccc3c2)nc2ccccc21. The minimum atomic E-state index is -3.82. The van der Waals surface area contributed by atoms with Crippen LogP contribution in [0.1, 0.15) is 13.3 Å². The molecular weight excluding hydrogens is 412 g/mol. The molecule has 0 aliphatic heterocycles. The van der Waals surface area contributed by atoms with Crippen molar-refractivity contribution in [2.24, 2.45) is 0 Å². The Morgan fingerprint density at radius 1 is 1.03 bits per heavy atom. The zero-order valence-corrected chi connectivity index (χ0v) is 18.3. The lowest BCUT2D eigenvalue weighted by molar-refractivity contribution is -0.116. The molecule has 1 heterocycles. The Balaban J connectivity index is 1.54. The number of benzene rings is 3. The predicted molar refractivity (Wildman–Crippen MR) is 122 cm³/mol. The number of likely N-dealkylation sites (N-methyl/N-ethyl adjacent to an activating group) is 1. The van der Waals surface area contributed by atoms with E-state index in [9.17, 15) is 13.2 Å². The molecule has 0 aliphatic carbocycles. The van der Waals surface area contributed by atoms with E-state index in [2.05, 4.69) is 10.3 Å². The second-order valence-electron chi connectivity index (χ2n) is 7.39. The molecule has 0 saturated heterocycles. The topological polar surface area (TPSA) is 84.3 Å². The third kappa shape index (κ3) is 4.17. The number of imidazole rings is 1. The average Bonchev–Trinajstić information content (AvgIpc) is 3.10. The molecule has 3 aromatic carbocycles. The van der Waals surface area contributed by atoms with Gasteiger partial charge in [0, 0.05) is 13.6 Å². The number of amides is 1. The van der Waals surface area contributed by atoms with Gasteiger partial charge in [-0.05, 0) is 41.5 Å². The van der Waals surface area contributed by atoms with Gasteiger partial charge in [-0.1, -0.05) is 49.4 Å². The molecule has 7 nitrogen and oxygen atoms in total. The van der Waals surface area contributed by atoms with Crippen molar-refractivity contribution in [3.63, 3.8) is 0 Å². The van der Waals surface area contributed by atoms with E-state index in [1.807, 2.05) is 60.0 Å². The van der Waals surface area contributed by atoms with E-state index in [4.69, 9.17) is 0 Å². The van der Waals surface area contributed by atoms with Crippen molar-refractivity contribution in [3.8, 4) is 0 Å². The van der Waals surface area contributed by atoms with Crippen LogP contribution in [-0.4, -0.2) is 41.8 Å². The molecule has 0 aliphatic rings. The van der Waals surface area contributed by atoms with Gasteiger partial charge in [0.2, 0.25) is 21.9 Å². The molecule has 1 N–H and O–H groups in total. The van der Waals surface area contributed by atoms with Crippen molar-refractivity contribution >= 4 is 43.7 Å². The fourth-order valence-electron chi connectivity index (χ4n) is 3.58. The molecule has 8 heteroatoms. The van der Waals surface area contributed by atoms with Crippen LogP contribution in [0.3, 0.4) is 0 Å². The Hall–Kier alpha value is -3.23. The van der Waals surface area contributed by atoms with Gasteiger partial charge in [-0.3, -0.25) is 10.1 Å². The van der Waals surface area contributed by atoms with E-state index in [1.54, 1.807) is 18.2 Å². The lowest BCUT2D eigenvalue weighted by Gasteiger charge is -2.17.